The molecule has 0 radical (unpaired) electrons. The standard InChI is InChI=1S/C20H15ClF6N2O/c21-16-11-14(20(25,26)27)3-6-17(16)30-15-4-1-12(2-5-15)18(29)13(8-10-28)7-9-19(22,23)24/h1-6,11,13,29H,7-9H2/t13-/m0/s1. The Morgan fingerprint density at radius 2 is 1.70 bits per heavy atom. The highest BCUT2D eigenvalue weighted by molar-refractivity contribution is 6.32. The Labute approximate surface area is 173 Å². The molecule has 0 saturated heterocycles. The summed E-state index contributed by atoms with van der Waals surface area (Å²) in [6.45, 7) is 0. The van der Waals surface area contributed by atoms with Gasteiger partial charge >= 0.3 is 12.4 Å². The molecular weight excluding hydrogens is 434 g/mol. The van der Waals surface area contributed by atoms with Crippen LogP contribution in [-0.2, 0) is 6.18 Å². The molecule has 0 heterocycles. The van der Waals surface area contributed by atoms with Crippen molar-refractivity contribution in [3.8, 4) is 17.6 Å². The van der Waals surface area contributed by atoms with Gasteiger partial charge in [-0.05, 0) is 54.4 Å². The Balaban J connectivity index is 2.12. The van der Waals surface area contributed by atoms with Gasteiger partial charge in [0.15, 0.2) is 0 Å². The number of rotatable bonds is 7. The van der Waals surface area contributed by atoms with Crippen molar-refractivity contribution in [1.29, 1.82) is 10.7 Å². The molecule has 0 spiro atoms. The molecule has 0 bridgehead atoms. The summed E-state index contributed by atoms with van der Waals surface area (Å²) in [6, 6.07) is 10.1. The summed E-state index contributed by atoms with van der Waals surface area (Å²) in [5.74, 6) is -0.687. The first-order valence-electron chi connectivity index (χ1n) is 8.58. The number of ether oxygens (including phenoxy) is 1. The Kier molecular flexibility index (Phi) is 7.37. The molecule has 1 N–H and O–H groups in total. The molecule has 0 aliphatic heterocycles. The number of alkyl halides is 6. The van der Waals surface area contributed by atoms with Crippen molar-refractivity contribution >= 4 is 17.3 Å². The minimum atomic E-state index is -4.55. The minimum absolute atomic E-state index is 0.0139. The molecule has 0 unspecified atom stereocenters. The van der Waals surface area contributed by atoms with Crippen molar-refractivity contribution in [2.75, 3.05) is 0 Å². The molecule has 2 aromatic carbocycles. The summed E-state index contributed by atoms with van der Waals surface area (Å²) in [6.07, 6.45) is -10.6. The lowest BCUT2D eigenvalue weighted by Crippen LogP contribution is -2.18. The fraction of sp³-hybridized carbons (Fsp3) is 0.300. The number of nitrogens with zero attached hydrogens (tertiary/aromatic N) is 1. The number of hydrogen-bond acceptors (Lipinski definition) is 3. The van der Waals surface area contributed by atoms with Crippen LogP contribution in [0.5, 0.6) is 11.5 Å². The van der Waals surface area contributed by atoms with Gasteiger partial charge in [0.05, 0.1) is 16.7 Å². The van der Waals surface area contributed by atoms with E-state index in [0.717, 1.165) is 18.2 Å². The third kappa shape index (κ3) is 6.66. The van der Waals surface area contributed by atoms with Crippen molar-refractivity contribution in [2.45, 2.75) is 31.6 Å². The predicted octanol–water partition coefficient (Wildman–Crippen LogP) is 7.39. The number of benzene rings is 2. The van der Waals surface area contributed by atoms with Crippen LogP contribution in [0.3, 0.4) is 0 Å². The van der Waals surface area contributed by atoms with Gasteiger partial charge in [0, 0.05) is 24.5 Å². The molecule has 2 aromatic rings. The lowest BCUT2D eigenvalue weighted by molar-refractivity contribution is -0.138. The van der Waals surface area contributed by atoms with Crippen LogP contribution in [0.15, 0.2) is 42.5 Å². The Morgan fingerprint density at radius 3 is 2.20 bits per heavy atom. The third-order valence-corrected chi connectivity index (χ3v) is 4.47. The maximum absolute atomic E-state index is 12.7. The minimum Gasteiger partial charge on any atom is -0.456 e. The van der Waals surface area contributed by atoms with Gasteiger partial charge in [0.1, 0.15) is 11.5 Å². The van der Waals surface area contributed by atoms with Crippen molar-refractivity contribution in [2.24, 2.45) is 5.92 Å². The van der Waals surface area contributed by atoms with E-state index in [1.807, 2.05) is 0 Å². The van der Waals surface area contributed by atoms with E-state index in [-0.39, 0.29) is 35.1 Å². The molecular formula is C20H15ClF6N2O. The van der Waals surface area contributed by atoms with Gasteiger partial charge < -0.3 is 10.1 Å². The van der Waals surface area contributed by atoms with E-state index in [9.17, 15) is 26.3 Å². The van der Waals surface area contributed by atoms with Gasteiger partial charge in [0.25, 0.3) is 0 Å². The average Bonchev–Trinajstić information content (AvgIpc) is 2.65. The molecule has 2 rings (SSSR count). The molecule has 10 heteroatoms. The number of halogens is 7. The summed E-state index contributed by atoms with van der Waals surface area (Å²) < 4.78 is 80.9. The van der Waals surface area contributed by atoms with Crippen molar-refractivity contribution in [3.63, 3.8) is 0 Å². The van der Waals surface area contributed by atoms with Gasteiger partial charge in [-0.3, -0.25) is 0 Å². The second-order valence-corrected chi connectivity index (χ2v) is 6.80. The molecule has 1 atom stereocenters. The maximum atomic E-state index is 12.7. The zero-order valence-corrected chi connectivity index (χ0v) is 16.0. The van der Waals surface area contributed by atoms with Crippen LogP contribution in [0.1, 0.15) is 30.4 Å². The molecule has 160 valence electrons. The molecule has 0 amide bonds. The van der Waals surface area contributed by atoms with Crippen LogP contribution < -0.4 is 4.74 Å². The van der Waals surface area contributed by atoms with E-state index in [0.29, 0.717) is 5.56 Å². The van der Waals surface area contributed by atoms with Gasteiger partial charge in [-0.2, -0.15) is 31.6 Å². The van der Waals surface area contributed by atoms with Crippen LogP contribution in [0, 0.1) is 22.7 Å². The molecule has 3 nitrogen and oxygen atoms in total. The molecule has 0 aliphatic carbocycles. The average molecular weight is 449 g/mol. The Hall–Kier alpha value is -2.73. The van der Waals surface area contributed by atoms with Crippen LogP contribution in [0.25, 0.3) is 0 Å². The summed E-state index contributed by atoms with van der Waals surface area (Å²) in [4.78, 5) is 0. The van der Waals surface area contributed by atoms with Crippen LogP contribution in [0.2, 0.25) is 5.02 Å². The van der Waals surface area contributed by atoms with Crippen molar-refractivity contribution < 1.29 is 31.1 Å². The highest BCUT2D eigenvalue weighted by Gasteiger charge is 2.31. The van der Waals surface area contributed by atoms with Gasteiger partial charge in [0.2, 0.25) is 0 Å². The zero-order valence-electron chi connectivity index (χ0n) is 15.2. The smallest absolute Gasteiger partial charge is 0.416 e. The monoisotopic (exact) mass is 448 g/mol. The summed E-state index contributed by atoms with van der Waals surface area (Å²) >= 11 is 5.83. The first-order valence-corrected chi connectivity index (χ1v) is 8.95. The summed E-state index contributed by atoms with van der Waals surface area (Å²) in [5, 5.41) is 16.7. The van der Waals surface area contributed by atoms with E-state index in [2.05, 4.69) is 0 Å². The van der Waals surface area contributed by atoms with E-state index in [1.54, 1.807) is 6.07 Å². The first-order chi connectivity index (χ1) is 13.9. The second kappa shape index (κ2) is 9.39. The van der Waals surface area contributed by atoms with Crippen LogP contribution in [-0.4, -0.2) is 11.9 Å². The SMILES string of the molecule is N#CC[C@H](CCC(F)(F)F)C(=N)c1ccc(Oc2ccc(C(F)(F)F)cc2Cl)cc1. The van der Waals surface area contributed by atoms with Crippen LogP contribution >= 0.6 is 11.6 Å². The largest absolute Gasteiger partial charge is 0.456 e. The molecule has 0 aromatic heterocycles. The summed E-state index contributed by atoms with van der Waals surface area (Å²) in [5.41, 5.74) is -0.728. The number of hydrogen-bond donors (Lipinski definition) is 1. The normalized spacial score (nSPS) is 12.9. The Morgan fingerprint density at radius 1 is 1.07 bits per heavy atom. The highest BCUT2D eigenvalue weighted by Crippen LogP contribution is 2.36. The number of nitrogens with one attached hydrogen (secondary N) is 1. The van der Waals surface area contributed by atoms with Crippen molar-refractivity contribution in [1.82, 2.24) is 0 Å². The predicted molar refractivity (Wildman–Crippen MR) is 98.8 cm³/mol. The molecule has 0 aliphatic rings. The topological polar surface area (TPSA) is 56.9 Å². The first kappa shape index (κ1) is 23.5. The molecule has 30 heavy (non-hydrogen) atoms. The Bertz CT molecular complexity index is 932. The van der Waals surface area contributed by atoms with E-state index in [4.69, 9.17) is 27.0 Å². The molecule has 0 saturated carbocycles. The van der Waals surface area contributed by atoms with E-state index in [1.165, 1.54) is 24.3 Å². The lowest BCUT2D eigenvalue weighted by atomic mass is 9.90. The highest BCUT2D eigenvalue weighted by atomic mass is 35.5. The maximum Gasteiger partial charge on any atom is 0.416 e. The third-order valence-electron chi connectivity index (χ3n) is 4.17. The van der Waals surface area contributed by atoms with Gasteiger partial charge in [-0.25, -0.2) is 0 Å². The van der Waals surface area contributed by atoms with E-state index < -0.39 is 30.3 Å². The fourth-order valence-electron chi connectivity index (χ4n) is 2.62. The van der Waals surface area contributed by atoms with Crippen molar-refractivity contribution in [3.05, 3.63) is 58.6 Å². The van der Waals surface area contributed by atoms with E-state index >= 15 is 0 Å². The fourth-order valence-corrected chi connectivity index (χ4v) is 2.84. The zero-order chi connectivity index (χ0) is 22.5. The van der Waals surface area contributed by atoms with Gasteiger partial charge in [-0.15, -0.1) is 0 Å². The second-order valence-electron chi connectivity index (χ2n) is 6.40. The van der Waals surface area contributed by atoms with Crippen LogP contribution in [0.4, 0.5) is 26.3 Å². The lowest BCUT2D eigenvalue weighted by Gasteiger charge is -2.17. The quantitative estimate of drug-likeness (QED) is 0.354. The molecule has 0 fully saturated rings. The number of nitriles is 1. The van der Waals surface area contributed by atoms with Gasteiger partial charge in [-0.1, -0.05) is 11.6 Å². The summed E-state index contributed by atoms with van der Waals surface area (Å²) in [7, 11) is 0.